The second-order valence-corrected chi connectivity index (χ2v) is 12.4. The van der Waals surface area contributed by atoms with E-state index in [2.05, 4.69) is 65.8 Å². The molecule has 0 aromatic heterocycles. The lowest BCUT2D eigenvalue weighted by Crippen LogP contribution is -2.46. The number of carbonyl (C=O) groups is 1. The van der Waals surface area contributed by atoms with E-state index in [-0.39, 0.29) is 17.5 Å². The Labute approximate surface area is 197 Å². The first-order valence-corrected chi connectivity index (χ1v) is 13.3. The van der Waals surface area contributed by atoms with E-state index in [0.717, 1.165) is 31.1 Å². The molecule has 8 atom stereocenters. The second-order valence-electron chi connectivity index (χ2n) is 12.4. The quantitative estimate of drug-likeness (QED) is 0.322. The van der Waals surface area contributed by atoms with Crippen molar-refractivity contribution in [2.45, 2.75) is 99.5 Å². The third-order valence-corrected chi connectivity index (χ3v) is 10.3. The average molecular weight is 439 g/mol. The maximum Gasteiger partial charge on any atom is 0.302 e. The molecule has 4 aliphatic rings. The van der Waals surface area contributed by atoms with Gasteiger partial charge in [-0.1, -0.05) is 77.0 Å². The van der Waals surface area contributed by atoms with E-state index >= 15 is 0 Å². The van der Waals surface area contributed by atoms with Crippen molar-refractivity contribution in [3.05, 3.63) is 35.5 Å². The maximum atomic E-state index is 11.5. The molecule has 0 bridgehead atoms. The molecule has 0 radical (unpaired) electrons. The van der Waals surface area contributed by atoms with Crippen LogP contribution < -0.4 is 0 Å². The summed E-state index contributed by atoms with van der Waals surface area (Å²) in [6.07, 6.45) is 18.5. The largest absolute Gasteiger partial charge is 0.462 e. The molecule has 0 N–H and O–H groups in total. The van der Waals surface area contributed by atoms with Crippen molar-refractivity contribution in [2.75, 3.05) is 0 Å². The standard InChI is InChI=1S/C30H46O2/c1-19(2)20(3)8-9-21(4)26-12-13-27-25-11-10-23-18-24(32-22(5)31)14-16-29(23,6)28(25)15-17-30(26,27)7/h8-11,19-21,24,26-28H,12-18H2,1-7H3/b9-8+/t20-,21+,24-,26+,27-,28?,29-,30+/m0/s1. The Kier molecular flexibility index (Phi) is 6.56. The lowest BCUT2D eigenvalue weighted by molar-refractivity contribution is -0.148. The molecule has 0 saturated heterocycles. The highest BCUT2D eigenvalue weighted by Crippen LogP contribution is 2.66. The van der Waals surface area contributed by atoms with Crippen LogP contribution in [0.4, 0.5) is 0 Å². The van der Waals surface area contributed by atoms with E-state index in [0.29, 0.717) is 29.1 Å². The summed E-state index contributed by atoms with van der Waals surface area (Å²) in [6, 6.07) is 0. The zero-order chi connectivity index (χ0) is 23.3. The third-order valence-electron chi connectivity index (χ3n) is 10.3. The van der Waals surface area contributed by atoms with Crippen molar-refractivity contribution in [2.24, 2.45) is 46.3 Å². The Morgan fingerprint density at radius 2 is 1.75 bits per heavy atom. The molecule has 3 saturated carbocycles. The summed E-state index contributed by atoms with van der Waals surface area (Å²) in [7, 11) is 0. The SMILES string of the molecule is CC(=O)O[C@H]1CC[C@@]2(C)C(=CC=C3C2CC[C@]2(C)[C@@H]([C@H](C)/C=C/[C@H](C)C(C)C)CC[C@@H]32)C1. The topological polar surface area (TPSA) is 26.3 Å². The van der Waals surface area contributed by atoms with Gasteiger partial charge in [0.15, 0.2) is 0 Å². The molecular weight excluding hydrogens is 392 g/mol. The van der Waals surface area contributed by atoms with Gasteiger partial charge in [0.2, 0.25) is 0 Å². The van der Waals surface area contributed by atoms with Crippen LogP contribution in [0, 0.1) is 46.3 Å². The first-order chi connectivity index (χ1) is 15.1. The summed E-state index contributed by atoms with van der Waals surface area (Å²) < 4.78 is 5.59. The molecule has 2 nitrogen and oxygen atoms in total. The van der Waals surface area contributed by atoms with Crippen LogP contribution in [0.2, 0.25) is 0 Å². The Morgan fingerprint density at radius 1 is 1.00 bits per heavy atom. The maximum absolute atomic E-state index is 11.5. The van der Waals surface area contributed by atoms with E-state index in [1.165, 1.54) is 31.3 Å². The van der Waals surface area contributed by atoms with Crippen LogP contribution in [-0.4, -0.2) is 12.1 Å². The van der Waals surface area contributed by atoms with Crippen LogP contribution in [0.3, 0.4) is 0 Å². The minimum atomic E-state index is -0.136. The van der Waals surface area contributed by atoms with Crippen LogP contribution >= 0.6 is 0 Å². The van der Waals surface area contributed by atoms with Gasteiger partial charge in [-0.05, 0) is 84.9 Å². The third kappa shape index (κ3) is 4.05. The Morgan fingerprint density at radius 3 is 2.44 bits per heavy atom. The molecule has 0 spiro atoms. The summed E-state index contributed by atoms with van der Waals surface area (Å²) in [5.74, 6) is 4.11. The number of ether oxygens (including phenoxy) is 1. The van der Waals surface area contributed by atoms with Crippen molar-refractivity contribution in [1.29, 1.82) is 0 Å². The minimum Gasteiger partial charge on any atom is -0.462 e. The number of hydrogen-bond donors (Lipinski definition) is 0. The molecule has 32 heavy (non-hydrogen) atoms. The Balaban J connectivity index is 1.54. The molecule has 0 aliphatic heterocycles. The van der Waals surface area contributed by atoms with Gasteiger partial charge in [0.25, 0.3) is 0 Å². The predicted molar refractivity (Wildman–Crippen MR) is 133 cm³/mol. The lowest BCUT2D eigenvalue weighted by atomic mass is 9.50. The number of fused-ring (bicyclic) bond motifs is 5. The second kappa shape index (κ2) is 8.80. The zero-order valence-electron chi connectivity index (χ0n) is 21.6. The lowest BCUT2D eigenvalue weighted by Gasteiger charge is -2.55. The average Bonchev–Trinajstić information content (AvgIpc) is 3.08. The molecular formula is C30H46O2. The van der Waals surface area contributed by atoms with Gasteiger partial charge in [-0.25, -0.2) is 0 Å². The fourth-order valence-electron chi connectivity index (χ4n) is 7.92. The molecule has 1 unspecified atom stereocenters. The summed E-state index contributed by atoms with van der Waals surface area (Å²) in [5, 5.41) is 0. The van der Waals surface area contributed by atoms with Gasteiger partial charge in [0.1, 0.15) is 6.10 Å². The monoisotopic (exact) mass is 438 g/mol. The van der Waals surface area contributed by atoms with E-state index in [1.807, 2.05) is 0 Å². The highest BCUT2D eigenvalue weighted by atomic mass is 16.5. The van der Waals surface area contributed by atoms with E-state index in [9.17, 15) is 4.79 Å². The summed E-state index contributed by atoms with van der Waals surface area (Å²) in [6.45, 7) is 16.1. The zero-order valence-corrected chi connectivity index (χ0v) is 21.6. The van der Waals surface area contributed by atoms with Crippen molar-refractivity contribution >= 4 is 5.97 Å². The molecule has 2 heteroatoms. The van der Waals surface area contributed by atoms with Gasteiger partial charge in [0.05, 0.1) is 0 Å². The van der Waals surface area contributed by atoms with Crippen molar-refractivity contribution in [1.82, 2.24) is 0 Å². The normalized spacial score (nSPS) is 40.8. The van der Waals surface area contributed by atoms with Gasteiger partial charge in [0, 0.05) is 13.3 Å². The smallest absolute Gasteiger partial charge is 0.302 e. The fourth-order valence-corrected chi connectivity index (χ4v) is 7.92. The van der Waals surface area contributed by atoms with Crippen molar-refractivity contribution in [3.8, 4) is 0 Å². The number of rotatable bonds is 5. The van der Waals surface area contributed by atoms with Gasteiger partial charge in [-0.3, -0.25) is 4.79 Å². The van der Waals surface area contributed by atoms with E-state index in [1.54, 1.807) is 12.5 Å². The molecule has 0 aromatic carbocycles. The molecule has 0 aromatic rings. The molecule has 0 amide bonds. The van der Waals surface area contributed by atoms with E-state index < -0.39 is 0 Å². The van der Waals surface area contributed by atoms with Gasteiger partial charge < -0.3 is 4.74 Å². The first kappa shape index (κ1) is 23.8. The highest BCUT2D eigenvalue weighted by molar-refractivity contribution is 5.66. The highest BCUT2D eigenvalue weighted by Gasteiger charge is 2.56. The van der Waals surface area contributed by atoms with Gasteiger partial charge >= 0.3 is 5.97 Å². The number of allylic oxidation sites excluding steroid dienone is 5. The molecule has 178 valence electrons. The first-order valence-electron chi connectivity index (χ1n) is 13.3. The van der Waals surface area contributed by atoms with Crippen LogP contribution in [0.25, 0.3) is 0 Å². The number of hydrogen-bond acceptors (Lipinski definition) is 2. The van der Waals surface area contributed by atoms with Gasteiger partial charge in [-0.15, -0.1) is 0 Å². The fraction of sp³-hybridized carbons (Fsp3) is 0.767. The predicted octanol–water partition coefficient (Wildman–Crippen LogP) is 7.90. The molecule has 0 heterocycles. The van der Waals surface area contributed by atoms with Crippen LogP contribution in [-0.2, 0) is 9.53 Å². The molecule has 3 fully saturated rings. The number of esters is 1. The molecule has 4 rings (SSSR count). The summed E-state index contributed by atoms with van der Waals surface area (Å²) in [4.78, 5) is 11.5. The van der Waals surface area contributed by atoms with Crippen LogP contribution in [0.1, 0.15) is 93.4 Å². The minimum absolute atomic E-state index is 0.0763. The van der Waals surface area contributed by atoms with E-state index in [4.69, 9.17) is 4.74 Å². The Bertz CT molecular complexity index is 817. The summed E-state index contributed by atoms with van der Waals surface area (Å²) in [5.41, 5.74) is 3.98. The van der Waals surface area contributed by atoms with Gasteiger partial charge in [-0.2, -0.15) is 0 Å². The van der Waals surface area contributed by atoms with Crippen LogP contribution in [0.5, 0.6) is 0 Å². The van der Waals surface area contributed by atoms with Crippen LogP contribution in [0.15, 0.2) is 35.5 Å². The van der Waals surface area contributed by atoms with Crippen molar-refractivity contribution < 1.29 is 9.53 Å². The number of carbonyl (C=O) groups excluding carboxylic acids is 1. The summed E-state index contributed by atoms with van der Waals surface area (Å²) >= 11 is 0. The Hall–Kier alpha value is -1.31. The van der Waals surface area contributed by atoms with Crippen molar-refractivity contribution in [3.63, 3.8) is 0 Å². The molecule has 4 aliphatic carbocycles.